The number of carbonyl (C=O) groups is 1. The Hall–Kier alpha value is -1.91. The van der Waals surface area contributed by atoms with Crippen LogP contribution in [-0.2, 0) is 4.74 Å². The van der Waals surface area contributed by atoms with Crippen molar-refractivity contribution in [3.63, 3.8) is 0 Å². The molecule has 0 unspecified atom stereocenters. The minimum atomic E-state index is -0.440. The first-order valence-corrected chi connectivity index (χ1v) is 7.44. The number of nitrogens with two attached hydrogens (primary N) is 1. The van der Waals surface area contributed by atoms with Crippen LogP contribution in [0.5, 0.6) is 0 Å². The Balaban J connectivity index is 1.83. The van der Waals surface area contributed by atoms with Crippen LogP contribution >= 0.6 is 0 Å². The average Bonchev–Trinajstić information content (AvgIpc) is 2.40. The highest BCUT2D eigenvalue weighted by molar-refractivity contribution is 5.68. The van der Waals surface area contributed by atoms with Gasteiger partial charge in [-0.3, -0.25) is 0 Å². The smallest absolute Gasteiger partial charge is 0.410 e. The van der Waals surface area contributed by atoms with Gasteiger partial charge in [0.15, 0.2) is 0 Å². The Morgan fingerprint density at radius 1 is 1.29 bits per heavy atom. The van der Waals surface area contributed by atoms with Crippen LogP contribution in [0.25, 0.3) is 0 Å². The van der Waals surface area contributed by atoms with E-state index in [2.05, 4.69) is 5.32 Å². The van der Waals surface area contributed by atoms with E-state index in [-0.39, 0.29) is 6.09 Å². The van der Waals surface area contributed by atoms with Crippen LogP contribution < -0.4 is 11.1 Å². The van der Waals surface area contributed by atoms with Gasteiger partial charge < -0.3 is 20.7 Å². The fourth-order valence-corrected chi connectivity index (χ4v) is 2.38. The molecular formula is C16H25N3O2. The molecule has 3 N–H and O–H groups in total. The highest BCUT2D eigenvalue weighted by atomic mass is 16.6. The second-order valence-electron chi connectivity index (χ2n) is 6.47. The van der Waals surface area contributed by atoms with Gasteiger partial charge in [-0.2, -0.15) is 0 Å². The van der Waals surface area contributed by atoms with Crippen molar-refractivity contribution in [1.82, 2.24) is 4.90 Å². The topological polar surface area (TPSA) is 67.6 Å². The predicted molar refractivity (Wildman–Crippen MR) is 85.3 cm³/mol. The Morgan fingerprint density at radius 2 is 1.90 bits per heavy atom. The average molecular weight is 291 g/mol. The molecule has 0 aliphatic carbocycles. The normalized spacial score (nSPS) is 16.6. The lowest BCUT2D eigenvalue weighted by atomic mass is 10.0. The lowest BCUT2D eigenvalue weighted by Crippen LogP contribution is -2.44. The molecule has 116 valence electrons. The maximum atomic E-state index is 12.0. The summed E-state index contributed by atoms with van der Waals surface area (Å²) in [4.78, 5) is 13.8. The molecule has 0 atom stereocenters. The van der Waals surface area contributed by atoms with E-state index in [1.165, 1.54) is 0 Å². The molecular weight excluding hydrogens is 266 g/mol. The van der Waals surface area contributed by atoms with E-state index in [9.17, 15) is 4.79 Å². The molecule has 21 heavy (non-hydrogen) atoms. The molecule has 1 heterocycles. The third-order valence-electron chi connectivity index (χ3n) is 3.47. The van der Waals surface area contributed by atoms with Gasteiger partial charge in [-0.15, -0.1) is 0 Å². The Kier molecular flexibility index (Phi) is 4.60. The predicted octanol–water partition coefficient (Wildman–Crippen LogP) is 3.08. The highest BCUT2D eigenvalue weighted by Gasteiger charge is 2.26. The van der Waals surface area contributed by atoms with Crippen molar-refractivity contribution in [2.75, 3.05) is 24.1 Å². The van der Waals surface area contributed by atoms with Crippen molar-refractivity contribution in [2.24, 2.45) is 0 Å². The van der Waals surface area contributed by atoms with Crippen LogP contribution in [0.15, 0.2) is 24.3 Å². The van der Waals surface area contributed by atoms with E-state index in [0.29, 0.717) is 19.1 Å². The number of nitrogens with zero attached hydrogens (tertiary/aromatic N) is 1. The van der Waals surface area contributed by atoms with Gasteiger partial charge in [0.1, 0.15) is 5.60 Å². The molecule has 0 saturated carbocycles. The third kappa shape index (κ3) is 4.55. The number of ether oxygens (including phenoxy) is 1. The van der Waals surface area contributed by atoms with Gasteiger partial charge in [-0.1, -0.05) is 12.1 Å². The van der Waals surface area contributed by atoms with E-state index in [4.69, 9.17) is 10.5 Å². The lowest BCUT2D eigenvalue weighted by Gasteiger charge is -2.34. The molecule has 1 aliphatic heterocycles. The number of benzene rings is 1. The molecule has 0 bridgehead atoms. The third-order valence-corrected chi connectivity index (χ3v) is 3.47. The monoisotopic (exact) mass is 291 g/mol. The van der Waals surface area contributed by atoms with Gasteiger partial charge in [0.05, 0.1) is 11.4 Å². The fourth-order valence-electron chi connectivity index (χ4n) is 2.38. The number of likely N-dealkylation sites (tertiary alicyclic amines) is 1. The number of piperidine rings is 1. The van der Waals surface area contributed by atoms with Crippen molar-refractivity contribution < 1.29 is 9.53 Å². The van der Waals surface area contributed by atoms with Crippen LogP contribution in [0.1, 0.15) is 33.6 Å². The number of amides is 1. The van der Waals surface area contributed by atoms with Crippen LogP contribution in [0.4, 0.5) is 16.2 Å². The molecule has 0 radical (unpaired) electrons. The van der Waals surface area contributed by atoms with Crippen molar-refractivity contribution in [3.8, 4) is 0 Å². The maximum absolute atomic E-state index is 12.0. The molecule has 1 saturated heterocycles. The van der Waals surface area contributed by atoms with Gasteiger partial charge in [0.2, 0.25) is 0 Å². The maximum Gasteiger partial charge on any atom is 0.410 e. The van der Waals surface area contributed by atoms with Crippen LogP contribution in [0, 0.1) is 0 Å². The van der Waals surface area contributed by atoms with E-state index in [1.54, 1.807) is 4.90 Å². The number of rotatable bonds is 2. The van der Waals surface area contributed by atoms with Crippen LogP contribution in [-0.4, -0.2) is 35.7 Å². The number of hydrogen-bond donors (Lipinski definition) is 2. The summed E-state index contributed by atoms with van der Waals surface area (Å²) in [5, 5.41) is 3.45. The Labute approximate surface area is 126 Å². The lowest BCUT2D eigenvalue weighted by molar-refractivity contribution is 0.0210. The first-order valence-electron chi connectivity index (χ1n) is 7.44. The van der Waals surface area contributed by atoms with Crippen molar-refractivity contribution in [1.29, 1.82) is 0 Å². The number of carbonyl (C=O) groups excluding carboxylic acids is 1. The molecule has 1 amide bonds. The zero-order valence-corrected chi connectivity index (χ0v) is 13.1. The largest absolute Gasteiger partial charge is 0.444 e. The van der Waals surface area contributed by atoms with Gasteiger partial charge in [0.25, 0.3) is 0 Å². The Morgan fingerprint density at radius 3 is 2.48 bits per heavy atom. The molecule has 0 spiro atoms. The van der Waals surface area contributed by atoms with Gasteiger partial charge in [-0.05, 0) is 45.7 Å². The van der Waals surface area contributed by atoms with Gasteiger partial charge >= 0.3 is 6.09 Å². The molecule has 5 heteroatoms. The summed E-state index contributed by atoms with van der Waals surface area (Å²) in [7, 11) is 0. The van der Waals surface area contributed by atoms with E-state index in [0.717, 1.165) is 24.2 Å². The van der Waals surface area contributed by atoms with Gasteiger partial charge in [-0.25, -0.2) is 4.79 Å². The number of nitrogens with one attached hydrogen (secondary N) is 1. The second-order valence-corrected chi connectivity index (χ2v) is 6.47. The molecule has 0 aromatic heterocycles. The molecule has 1 aliphatic rings. The van der Waals surface area contributed by atoms with Crippen LogP contribution in [0.3, 0.4) is 0 Å². The molecule has 2 rings (SSSR count). The summed E-state index contributed by atoms with van der Waals surface area (Å²) in [5.74, 6) is 0. The van der Waals surface area contributed by atoms with Crippen molar-refractivity contribution >= 4 is 17.5 Å². The number of hydrogen-bond acceptors (Lipinski definition) is 4. The molecule has 1 fully saturated rings. The SMILES string of the molecule is CC(C)(C)OC(=O)N1CCC(Nc2ccccc2N)CC1. The first-order chi connectivity index (χ1) is 9.85. The number of para-hydroxylation sites is 2. The standard InChI is InChI=1S/C16H25N3O2/c1-16(2,3)21-15(20)19-10-8-12(9-11-19)18-14-7-5-4-6-13(14)17/h4-7,12,18H,8-11,17H2,1-3H3. The zero-order valence-electron chi connectivity index (χ0n) is 13.1. The second kappa shape index (κ2) is 6.24. The number of anilines is 2. The molecule has 5 nitrogen and oxygen atoms in total. The zero-order chi connectivity index (χ0) is 15.5. The minimum absolute atomic E-state index is 0.222. The summed E-state index contributed by atoms with van der Waals surface area (Å²) in [6, 6.07) is 8.10. The first kappa shape index (κ1) is 15.5. The van der Waals surface area contributed by atoms with E-state index >= 15 is 0 Å². The summed E-state index contributed by atoms with van der Waals surface area (Å²) in [6.45, 7) is 7.07. The Bertz CT molecular complexity index is 489. The highest BCUT2D eigenvalue weighted by Crippen LogP contribution is 2.22. The fraction of sp³-hybridized carbons (Fsp3) is 0.562. The molecule has 1 aromatic rings. The van der Waals surface area contributed by atoms with Crippen molar-refractivity contribution in [3.05, 3.63) is 24.3 Å². The minimum Gasteiger partial charge on any atom is -0.444 e. The quantitative estimate of drug-likeness (QED) is 0.822. The van der Waals surface area contributed by atoms with Crippen molar-refractivity contribution in [2.45, 2.75) is 45.3 Å². The summed E-state index contributed by atoms with van der Waals surface area (Å²) >= 11 is 0. The summed E-state index contributed by atoms with van der Waals surface area (Å²) in [5.41, 5.74) is 7.22. The van der Waals surface area contributed by atoms with E-state index in [1.807, 2.05) is 45.0 Å². The number of nitrogen functional groups attached to an aromatic ring is 1. The van der Waals surface area contributed by atoms with E-state index < -0.39 is 5.60 Å². The summed E-state index contributed by atoms with van der Waals surface area (Å²) in [6.07, 6.45) is 1.57. The van der Waals surface area contributed by atoms with Crippen LogP contribution in [0.2, 0.25) is 0 Å². The molecule has 1 aromatic carbocycles. The summed E-state index contributed by atoms with van der Waals surface area (Å²) < 4.78 is 5.40. The van der Waals surface area contributed by atoms with Gasteiger partial charge in [0, 0.05) is 19.1 Å².